The molecule has 0 saturated heterocycles. The van der Waals surface area contributed by atoms with Crippen molar-refractivity contribution < 1.29 is 14.6 Å². The zero-order valence-corrected chi connectivity index (χ0v) is 15.3. The molecule has 4 rings (SSSR count). The first-order valence-electron chi connectivity index (χ1n) is 8.67. The summed E-state index contributed by atoms with van der Waals surface area (Å²) in [5.74, 6) is -0.909. The van der Waals surface area contributed by atoms with Gasteiger partial charge in [-0.1, -0.05) is 30.3 Å². The van der Waals surface area contributed by atoms with Gasteiger partial charge in [0.1, 0.15) is 10.9 Å². The minimum Gasteiger partial charge on any atom is -0.494 e. The fourth-order valence-electron chi connectivity index (χ4n) is 3.07. The highest BCUT2D eigenvalue weighted by Gasteiger charge is 2.26. The quantitative estimate of drug-likeness (QED) is 0.580. The Hall–Kier alpha value is -4.20. The molecule has 8 nitrogen and oxygen atoms in total. The summed E-state index contributed by atoms with van der Waals surface area (Å²) in [7, 11) is 1.30. The van der Waals surface area contributed by atoms with Gasteiger partial charge in [0.25, 0.3) is 5.56 Å². The van der Waals surface area contributed by atoms with Gasteiger partial charge in [-0.25, -0.2) is 9.80 Å². The number of H-pyrrole nitrogens is 1. The number of aromatic hydroxyl groups is 1. The number of carbonyl (C=O) groups excluding carboxylic acids is 1. The van der Waals surface area contributed by atoms with Gasteiger partial charge in [-0.2, -0.15) is 5.10 Å². The van der Waals surface area contributed by atoms with E-state index in [9.17, 15) is 14.7 Å². The van der Waals surface area contributed by atoms with Gasteiger partial charge in [-0.15, -0.1) is 0 Å². The van der Waals surface area contributed by atoms with E-state index in [4.69, 9.17) is 5.41 Å². The Labute approximate surface area is 164 Å². The fraction of sp³-hybridized carbons (Fsp3) is 0.0476. The average molecular weight is 388 g/mol. The molecule has 1 aliphatic heterocycles. The van der Waals surface area contributed by atoms with E-state index in [1.54, 1.807) is 42.5 Å². The van der Waals surface area contributed by atoms with E-state index in [0.717, 1.165) is 0 Å². The van der Waals surface area contributed by atoms with Gasteiger partial charge in [0.15, 0.2) is 5.84 Å². The summed E-state index contributed by atoms with van der Waals surface area (Å²) in [4.78, 5) is 26.4. The number of nitrogens with one attached hydrogen (secondary N) is 2. The largest absolute Gasteiger partial charge is 0.494 e. The number of carbonyl (C=O) groups is 1. The third kappa shape index (κ3) is 3.16. The average Bonchev–Trinajstić information content (AvgIpc) is 3.09. The second-order valence-electron chi connectivity index (χ2n) is 6.29. The molecule has 2 heterocycles. The molecule has 0 amide bonds. The molecule has 1 aliphatic rings. The third-order valence-corrected chi connectivity index (χ3v) is 4.50. The smallest absolute Gasteiger partial charge is 0.337 e. The van der Waals surface area contributed by atoms with Crippen LogP contribution in [0.15, 0.2) is 64.5 Å². The van der Waals surface area contributed by atoms with Gasteiger partial charge in [0.2, 0.25) is 5.88 Å². The second-order valence-corrected chi connectivity index (χ2v) is 6.29. The van der Waals surface area contributed by atoms with Crippen LogP contribution in [0.3, 0.4) is 0 Å². The van der Waals surface area contributed by atoms with Gasteiger partial charge in [0, 0.05) is 0 Å². The summed E-state index contributed by atoms with van der Waals surface area (Å²) in [5.41, 5.74) is 1.27. The predicted molar refractivity (Wildman–Crippen MR) is 107 cm³/mol. The molecule has 2 aromatic carbocycles. The predicted octanol–water partition coefficient (Wildman–Crippen LogP) is 1.08. The van der Waals surface area contributed by atoms with Crippen molar-refractivity contribution in [3.05, 3.63) is 92.2 Å². The number of pyridine rings is 1. The second kappa shape index (κ2) is 7.08. The minimum absolute atomic E-state index is 0.0457. The molecular weight excluding hydrogens is 372 g/mol. The highest BCUT2D eigenvalue weighted by atomic mass is 16.5. The number of aromatic amines is 1. The van der Waals surface area contributed by atoms with E-state index >= 15 is 0 Å². The number of rotatable bonds is 3. The number of para-hydroxylation sites is 1. The van der Waals surface area contributed by atoms with Crippen LogP contribution in [0.1, 0.15) is 21.5 Å². The van der Waals surface area contributed by atoms with Crippen LogP contribution in [-0.2, 0) is 4.74 Å². The van der Waals surface area contributed by atoms with Crippen LogP contribution in [0, 0.1) is 5.41 Å². The Kier molecular flexibility index (Phi) is 4.44. The number of benzene rings is 2. The normalized spacial score (nSPS) is 13.2. The van der Waals surface area contributed by atoms with Crippen molar-refractivity contribution in [2.24, 2.45) is 5.10 Å². The summed E-state index contributed by atoms with van der Waals surface area (Å²) in [5, 5.41) is 24.8. The van der Waals surface area contributed by atoms with Crippen molar-refractivity contribution in [3.63, 3.8) is 0 Å². The molecule has 3 N–H and O–H groups in total. The molecule has 8 heteroatoms. The fourth-order valence-corrected chi connectivity index (χ4v) is 3.07. The number of amidine groups is 1. The number of nitrogens with zero attached hydrogens (tertiary/aromatic N) is 2. The van der Waals surface area contributed by atoms with E-state index in [0.29, 0.717) is 16.8 Å². The van der Waals surface area contributed by atoms with Crippen LogP contribution in [0.5, 0.6) is 5.88 Å². The standard InChI is InChI=1S/C21H16N4O4/c1-29-21(28)13-9-7-12(8-10-13)11-15-17-16(20(27)23-19(15)26)18(22)25(24-17)14-5-3-2-4-6-14/h2-11,22,27H,1H3,(H,23,26)/b15-11+,22-18?. The van der Waals surface area contributed by atoms with Gasteiger partial charge >= 0.3 is 5.97 Å². The maximum Gasteiger partial charge on any atom is 0.337 e. The van der Waals surface area contributed by atoms with Crippen molar-refractivity contribution in [1.29, 1.82) is 5.41 Å². The maximum absolute atomic E-state index is 12.5. The molecule has 0 radical (unpaired) electrons. The van der Waals surface area contributed by atoms with E-state index in [1.165, 1.54) is 12.1 Å². The topological polar surface area (TPSA) is 119 Å². The van der Waals surface area contributed by atoms with Crippen LogP contribution in [0.2, 0.25) is 0 Å². The summed E-state index contributed by atoms with van der Waals surface area (Å²) >= 11 is 0. The third-order valence-electron chi connectivity index (χ3n) is 4.50. The lowest BCUT2D eigenvalue weighted by molar-refractivity contribution is 0.0600. The maximum atomic E-state index is 12.5. The van der Waals surface area contributed by atoms with Crippen LogP contribution < -0.4 is 21.1 Å². The number of anilines is 1. The van der Waals surface area contributed by atoms with Crippen LogP contribution in [-0.4, -0.2) is 29.0 Å². The van der Waals surface area contributed by atoms with E-state index in [1.807, 2.05) is 18.2 Å². The van der Waals surface area contributed by atoms with E-state index in [2.05, 4.69) is 14.8 Å². The molecule has 0 unspecified atom stereocenters. The van der Waals surface area contributed by atoms with Crippen molar-refractivity contribution >= 4 is 23.6 Å². The Morgan fingerprint density at radius 1 is 1.17 bits per heavy atom. The summed E-state index contributed by atoms with van der Waals surface area (Å²) < 4.78 is 4.68. The number of methoxy groups -OCH3 is 1. The SMILES string of the molecule is COC(=O)c1ccc(/C=c2/c(=O)[nH]c(O)c3c2=NN(c2ccccc2)C3=N)cc1. The van der Waals surface area contributed by atoms with Crippen molar-refractivity contribution in [2.45, 2.75) is 0 Å². The lowest BCUT2D eigenvalue weighted by atomic mass is 10.1. The molecule has 0 atom stereocenters. The zero-order valence-electron chi connectivity index (χ0n) is 15.3. The highest BCUT2D eigenvalue weighted by molar-refractivity contribution is 6.10. The number of ether oxygens (including phenoxy) is 1. The Morgan fingerprint density at radius 2 is 1.86 bits per heavy atom. The van der Waals surface area contributed by atoms with Gasteiger partial charge in [0.05, 0.1) is 23.6 Å². The first-order valence-corrected chi connectivity index (χ1v) is 8.67. The summed E-state index contributed by atoms with van der Waals surface area (Å²) in [6.45, 7) is 0. The molecule has 144 valence electrons. The van der Waals surface area contributed by atoms with Gasteiger partial charge < -0.3 is 9.84 Å². The monoisotopic (exact) mass is 388 g/mol. The number of aromatic nitrogens is 1. The van der Waals surface area contributed by atoms with E-state index < -0.39 is 17.4 Å². The zero-order chi connectivity index (χ0) is 20.5. The van der Waals surface area contributed by atoms with Crippen LogP contribution in [0.4, 0.5) is 5.69 Å². The first kappa shape index (κ1) is 18.2. The molecule has 29 heavy (non-hydrogen) atoms. The number of hydrogen-bond acceptors (Lipinski definition) is 6. The van der Waals surface area contributed by atoms with Crippen LogP contribution in [0.25, 0.3) is 6.08 Å². The lowest BCUT2D eigenvalue weighted by Gasteiger charge is -2.13. The number of esters is 1. The Balaban J connectivity index is 1.89. The molecule has 0 spiro atoms. The minimum atomic E-state index is -0.537. The molecule has 0 bridgehead atoms. The highest BCUT2D eigenvalue weighted by Crippen LogP contribution is 2.21. The number of fused-ring (bicyclic) bond motifs is 1. The summed E-state index contributed by atoms with van der Waals surface area (Å²) in [6.07, 6.45) is 1.59. The summed E-state index contributed by atoms with van der Waals surface area (Å²) in [6, 6.07) is 15.5. The molecule has 0 aliphatic carbocycles. The molecular formula is C21H16N4O4. The van der Waals surface area contributed by atoms with Gasteiger partial charge in [-0.05, 0) is 35.9 Å². The van der Waals surface area contributed by atoms with Crippen LogP contribution >= 0.6 is 0 Å². The first-order chi connectivity index (χ1) is 14.0. The number of hydrogen-bond donors (Lipinski definition) is 3. The molecule has 0 fully saturated rings. The molecule has 1 aromatic heterocycles. The van der Waals surface area contributed by atoms with Crippen molar-refractivity contribution in [3.8, 4) is 5.88 Å². The lowest BCUT2D eigenvalue weighted by Crippen LogP contribution is -2.42. The van der Waals surface area contributed by atoms with Crippen molar-refractivity contribution in [1.82, 2.24) is 4.98 Å². The molecule has 3 aromatic rings. The van der Waals surface area contributed by atoms with Gasteiger partial charge in [-0.3, -0.25) is 15.2 Å². The van der Waals surface area contributed by atoms with Crippen molar-refractivity contribution in [2.75, 3.05) is 12.1 Å². The Morgan fingerprint density at radius 3 is 2.52 bits per heavy atom. The molecule has 0 saturated carbocycles. The van der Waals surface area contributed by atoms with E-state index in [-0.39, 0.29) is 22.0 Å². The Bertz CT molecular complexity index is 1300.